The van der Waals surface area contributed by atoms with Crippen LogP contribution in [0.15, 0.2) is 16.5 Å². The van der Waals surface area contributed by atoms with Crippen LogP contribution in [0.25, 0.3) is 0 Å². The molecule has 0 aliphatic heterocycles. The summed E-state index contributed by atoms with van der Waals surface area (Å²) < 4.78 is 14.6. The standard InChI is InChI=1S/C10H12O5/c1-7(13-2)10(12)14-6-9-4-3-8(5-11)15-9/h3-5,7H,6H2,1-2H3. The molecule has 1 heterocycles. The lowest BCUT2D eigenvalue weighted by atomic mass is 10.4. The van der Waals surface area contributed by atoms with E-state index in [1.165, 1.54) is 13.2 Å². The molecule has 0 saturated heterocycles. The third-order valence-electron chi connectivity index (χ3n) is 1.84. The third-order valence-corrected chi connectivity index (χ3v) is 1.84. The lowest BCUT2D eigenvalue weighted by Crippen LogP contribution is -2.21. The molecule has 5 nitrogen and oxygen atoms in total. The Morgan fingerprint density at radius 1 is 1.60 bits per heavy atom. The fourth-order valence-electron chi connectivity index (χ4n) is 0.891. The molecule has 0 amide bonds. The largest absolute Gasteiger partial charge is 0.456 e. The van der Waals surface area contributed by atoms with Gasteiger partial charge in [-0.05, 0) is 19.1 Å². The maximum absolute atomic E-state index is 11.2. The highest BCUT2D eigenvalue weighted by Gasteiger charge is 2.13. The summed E-state index contributed by atoms with van der Waals surface area (Å²) in [5, 5.41) is 0. The van der Waals surface area contributed by atoms with Crippen LogP contribution in [0.1, 0.15) is 23.2 Å². The highest BCUT2D eigenvalue weighted by Crippen LogP contribution is 2.07. The Labute approximate surface area is 87.0 Å². The molecular weight excluding hydrogens is 200 g/mol. The molecule has 0 fully saturated rings. The molecule has 15 heavy (non-hydrogen) atoms. The minimum absolute atomic E-state index is 0.000370. The molecule has 0 N–H and O–H groups in total. The van der Waals surface area contributed by atoms with Crippen molar-refractivity contribution < 1.29 is 23.5 Å². The predicted octanol–water partition coefficient (Wildman–Crippen LogP) is 1.17. The van der Waals surface area contributed by atoms with Gasteiger partial charge in [-0.1, -0.05) is 0 Å². The maximum Gasteiger partial charge on any atom is 0.335 e. The van der Waals surface area contributed by atoms with Gasteiger partial charge < -0.3 is 13.9 Å². The molecule has 1 rings (SSSR count). The van der Waals surface area contributed by atoms with Gasteiger partial charge in [0.15, 0.2) is 18.2 Å². The number of furan rings is 1. The minimum Gasteiger partial charge on any atom is -0.456 e. The molecule has 5 heteroatoms. The molecule has 0 aliphatic carbocycles. The molecule has 1 aromatic rings. The van der Waals surface area contributed by atoms with Gasteiger partial charge in [-0.3, -0.25) is 4.79 Å². The van der Waals surface area contributed by atoms with Crippen molar-refractivity contribution >= 4 is 12.3 Å². The van der Waals surface area contributed by atoms with Crippen molar-refractivity contribution in [2.24, 2.45) is 0 Å². The molecule has 0 aromatic carbocycles. The van der Waals surface area contributed by atoms with Gasteiger partial charge in [-0.2, -0.15) is 0 Å². The van der Waals surface area contributed by atoms with E-state index in [1.807, 2.05) is 0 Å². The van der Waals surface area contributed by atoms with Crippen LogP contribution in [0, 0.1) is 0 Å². The van der Waals surface area contributed by atoms with Gasteiger partial charge >= 0.3 is 5.97 Å². The van der Waals surface area contributed by atoms with Crippen molar-refractivity contribution in [3.63, 3.8) is 0 Å². The Morgan fingerprint density at radius 2 is 2.33 bits per heavy atom. The molecule has 0 aliphatic rings. The average molecular weight is 212 g/mol. The topological polar surface area (TPSA) is 65.7 Å². The van der Waals surface area contributed by atoms with E-state index in [2.05, 4.69) is 0 Å². The van der Waals surface area contributed by atoms with Crippen molar-refractivity contribution in [2.45, 2.75) is 19.6 Å². The van der Waals surface area contributed by atoms with E-state index in [9.17, 15) is 9.59 Å². The van der Waals surface area contributed by atoms with Crippen LogP contribution in [0.3, 0.4) is 0 Å². The van der Waals surface area contributed by atoms with E-state index < -0.39 is 12.1 Å². The Balaban J connectivity index is 2.43. The second-order valence-corrected chi connectivity index (χ2v) is 2.91. The van der Waals surface area contributed by atoms with Gasteiger partial charge in [0.1, 0.15) is 12.4 Å². The van der Waals surface area contributed by atoms with Gasteiger partial charge in [-0.15, -0.1) is 0 Å². The zero-order chi connectivity index (χ0) is 11.3. The fraction of sp³-hybridized carbons (Fsp3) is 0.400. The van der Waals surface area contributed by atoms with Gasteiger partial charge in [0.05, 0.1) is 0 Å². The van der Waals surface area contributed by atoms with Gasteiger partial charge in [0.25, 0.3) is 0 Å². The SMILES string of the molecule is COC(C)C(=O)OCc1ccc(C=O)o1. The number of esters is 1. The second-order valence-electron chi connectivity index (χ2n) is 2.91. The first-order valence-electron chi connectivity index (χ1n) is 4.40. The van der Waals surface area contributed by atoms with Gasteiger partial charge in [0.2, 0.25) is 0 Å². The average Bonchev–Trinajstić information content (AvgIpc) is 2.72. The summed E-state index contributed by atoms with van der Waals surface area (Å²) in [5.41, 5.74) is 0. The lowest BCUT2D eigenvalue weighted by Gasteiger charge is -2.07. The summed E-state index contributed by atoms with van der Waals surface area (Å²) in [6.07, 6.45) is -0.0196. The van der Waals surface area contributed by atoms with Crippen LogP contribution >= 0.6 is 0 Å². The van der Waals surface area contributed by atoms with Crippen LogP contribution in [-0.2, 0) is 20.9 Å². The zero-order valence-corrected chi connectivity index (χ0v) is 8.56. The van der Waals surface area contributed by atoms with E-state index in [0.717, 1.165) is 0 Å². The minimum atomic E-state index is -0.606. The number of hydrogen-bond donors (Lipinski definition) is 0. The first kappa shape index (κ1) is 11.5. The van der Waals surface area contributed by atoms with Crippen molar-refractivity contribution in [3.05, 3.63) is 23.7 Å². The Hall–Kier alpha value is -1.62. The second kappa shape index (κ2) is 5.31. The van der Waals surface area contributed by atoms with E-state index >= 15 is 0 Å². The monoisotopic (exact) mass is 212 g/mol. The quantitative estimate of drug-likeness (QED) is 0.541. The molecule has 1 aromatic heterocycles. The van der Waals surface area contributed by atoms with Crippen LogP contribution < -0.4 is 0 Å². The van der Waals surface area contributed by atoms with E-state index in [1.54, 1.807) is 13.0 Å². The van der Waals surface area contributed by atoms with Crippen LogP contribution in [0.5, 0.6) is 0 Å². The van der Waals surface area contributed by atoms with Crippen molar-refractivity contribution in [1.29, 1.82) is 0 Å². The first-order chi connectivity index (χ1) is 7.17. The molecule has 1 unspecified atom stereocenters. The third kappa shape index (κ3) is 3.21. The van der Waals surface area contributed by atoms with E-state index in [4.69, 9.17) is 13.9 Å². The van der Waals surface area contributed by atoms with Crippen molar-refractivity contribution in [3.8, 4) is 0 Å². The summed E-state index contributed by atoms with van der Waals surface area (Å²) in [6, 6.07) is 3.09. The molecule has 0 saturated carbocycles. The summed E-state index contributed by atoms with van der Waals surface area (Å²) in [4.78, 5) is 21.5. The Bertz CT molecular complexity index is 341. The maximum atomic E-state index is 11.2. The number of carbonyl (C=O) groups is 2. The molecular formula is C10H12O5. The lowest BCUT2D eigenvalue weighted by molar-refractivity contribution is -0.156. The molecule has 82 valence electrons. The number of rotatable bonds is 5. The molecule has 0 spiro atoms. The smallest absolute Gasteiger partial charge is 0.335 e. The first-order valence-corrected chi connectivity index (χ1v) is 4.40. The highest BCUT2D eigenvalue weighted by molar-refractivity contribution is 5.74. The number of aldehydes is 1. The summed E-state index contributed by atoms with van der Waals surface area (Å²) in [5.74, 6) is 0.163. The van der Waals surface area contributed by atoms with E-state index in [-0.39, 0.29) is 12.4 Å². The predicted molar refractivity (Wildman–Crippen MR) is 50.4 cm³/mol. The summed E-state index contributed by atoms with van der Waals surface area (Å²) in [6.45, 7) is 1.59. The summed E-state index contributed by atoms with van der Waals surface area (Å²) >= 11 is 0. The van der Waals surface area contributed by atoms with Crippen molar-refractivity contribution in [1.82, 2.24) is 0 Å². The number of carbonyl (C=O) groups excluding carboxylic acids is 2. The number of hydrogen-bond acceptors (Lipinski definition) is 5. The van der Waals surface area contributed by atoms with E-state index in [0.29, 0.717) is 12.0 Å². The molecule has 0 radical (unpaired) electrons. The summed E-state index contributed by atoms with van der Waals surface area (Å²) in [7, 11) is 1.42. The number of ether oxygens (including phenoxy) is 2. The molecule has 1 atom stereocenters. The van der Waals surface area contributed by atoms with Crippen molar-refractivity contribution in [2.75, 3.05) is 7.11 Å². The zero-order valence-electron chi connectivity index (χ0n) is 8.56. The van der Waals surface area contributed by atoms with Gasteiger partial charge in [0, 0.05) is 7.11 Å². The van der Waals surface area contributed by atoms with Crippen LogP contribution in [0.2, 0.25) is 0 Å². The highest BCUT2D eigenvalue weighted by atomic mass is 16.6. The Kier molecular flexibility index (Phi) is 4.05. The van der Waals surface area contributed by atoms with Gasteiger partial charge in [-0.25, -0.2) is 4.79 Å². The number of methoxy groups -OCH3 is 1. The molecule has 0 bridgehead atoms. The van der Waals surface area contributed by atoms with Crippen LogP contribution in [0.4, 0.5) is 0 Å². The Morgan fingerprint density at radius 3 is 2.87 bits per heavy atom. The fourth-order valence-corrected chi connectivity index (χ4v) is 0.891. The normalized spacial score (nSPS) is 12.1. The van der Waals surface area contributed by atoms with Crippen LogP contribution in [-0.4, -0.2) is 25.5 Å².